The van der Waals surface area contributed by atoms with Gasteiger partial charge in [0.25, 0.3) is 0 Å². The van der Waals surface area contributed by atoms with Gasteiger partial charge in [0.05, 0.1) is 27.0 Å². The third-order valence-electron chi connectivity index (χ3n) is 2.34. The molecule has 0 spiro atoms. The number of hydrogen-bond donors (Lipinski definition) is 1. The van der Waals surface area contributed by atoms with Gasteiger partial charge in [-0.1, -0.05) is 11.8 Å². The molecule has 0 aliphatic rings. The van der Waals surface area contributed by atoms with Gasteiger partial charge in [-0.2, -0.15) is 5.10 Å². The van der Waals surface area contributed by atoms with E-state index in [1.165, 1.54) is 11.8 Å². The Balaban J connectivity index is 3.10. The highest BCUT2D eigenvalue weighted by atomic mass is 32.2. The van der Waals surface area contributed by atoms with Crippen LogP contribution in [-0.2, 0) is 0 Å². The van der Waals surface area contributed by atoms with Crippen LogP contribution in [0.3, 0.4) is 0 Å². The molecule has 20 heavy (non-hydrogen) atoms. The number of ether oxygens (including phenoxy) is 3. The molecule has 6 nitrogen and oxygen atoms in total. The van der Waals surface area contributed by atoms with Gasteiger partial charge in [0.1, 0.15) is 0 Å². The van der Waals surface area contributed by atoms with Crippen LogP contribution in [0, 0.1) is 0 Å². The van der Waals surface area contributed by atoms with E-state index in [0.29, 0.717) is 29.0 Å². The van der Waals surface area contributed by atoms with Crippen molar-refractivity contribution in [2.24, 2.45) is 15.9 Å². The monoisotopic (exact) mass is 297 g/mol. The highest BCUT2D eigenvalue weighted by molar-refractivity contribution is 8.13. The van der Waals surface area contributed by atoms with E-state index in [4.69, 9.17) is 19.9 Å². The Morgan fingerprint density at radius 3 is 2.35 bits per heavy atom. The first kappa shape index (κ1) is 16.2. The molecule has 0 unspecified atom stereocenters. The standard InChI is InChI=1S/C13H19N3O3S/c1-5-19-12-10(17-2)6-9(7-11(12)18-3)8-15-16-13(14)20-4/h6-8H,5H2,1-4H3,(H2,14,16)/b15-8-. The largest absolute Gasteiger partial charge is 0.493 e. The third-order valence-corrected chi connectivity index (χ3v) is 2.84. The lowest BCUT2D eigenvalue weighted by molar-refractivity contribution is 0.288. The molecule has 0 fully saturated rings. The van der Waals surface area contributed by atoms with Crippen molar-refractivity contribution in [3.63, 3.8) is 0 Å². The quantitative estimate of drug-likeness (QED) is 0.494. The van der Waals surface area contributed by atoms with E-state index in [1.807, 2.05) is 13.2 Å². The Hall–Kier alpha value is -1.89. The second kappa shape index (κ2) is 8.31. The Morgan fingerprint density at radius 2 is 1.90 bits per heavy atom. The summed E-state index contributed by atoms with van der Waals surface area (Å²) < 4.78 is 16.1. The maximum absolute atomic E-state index is 5.54. The minimum absolute atomic E-state index is 0.395. The van der Waals surface area contributed by atoms with Crippen LogP contribution in [0.25, 0.3) is 0 Å². The van der Waals surface area contributed by atoms with Crippen LogP contribution in [0.2, 0.25) is 0 Å². The lowest BCUT2D eigenvalue weighted by Gasteiger charge is -2.13. The molecule has 0 amide bonds. The minimum Gasteiger partial charge on any atom is -0.493 e. The molecule has 0 saturated heterocycles. The SMILES string of the molecule is CCOc1c(OC)cc(/C=N\N=C(/N)SC)cc1OC. The summed E-state index contributed by atoms with van der Waals surface area (Å²) in [4.78, 5) is 0. The van der Waals surface area contributed by atoms with Gasteiger partial charge in [0.15, 0.2) is 16.7 Å². The van der Waals surface area contributed by atoms with Crippen molar-refractivity contribution in [3.8, 4) is 17.2 Å². The molecule has 0 bridgehead atoms. The fourth-order valence-electron chi connectivity index (χ4n) is 1.45. The molecule has 0 saturated carbocycles. The summed E-state index contributed by atoms with van der Waals surface area (Å²) in [6, 6.07) is 3.59. The predicted octanol–water partition coefficient (Wildman–Crippen LogP) is 2.11. The summed E-state index contributed by atoms with van der Waals surface area (Å²) in [6.45, 7) is 2.42. The molecule has 110 valence electrons. The Morgan fingerprint density at radius 1 is 1.30 bits per heavy atom. The van der Waals surface area contributed by atoms with Gasteiger partial charge in [-0.25, -0.2) is 0 Å². The smallest absolute Gasteiger partial charge is 0.203 e. The second-order valence-corrected chi connectivity index (χ2v) is 4.40. The number of benzene rings is 1. The Kier molecular flexibility index (Phi) is 6.72. The van der Waals surface area contributed by atoms with Gasteiger partial charge in [-0.3, -0.25) is 0 Å². The van der Waals surface area contributed by atoms with E-state index < -0.39 is 0 Å². The summed E-state index contributed by atoms with van der Waals surface area (Å²) >= 11 is 1.33. The van der Waals surface area contributed by atoms with Gasteiger partial charge in [-0.05, 0) is 25.3 Å². The molecule has 1 aromatic carbocycles. The number of rotatable bonds is 6. The van der Waals surface area contributed by atoms with E-state index in [9.17, 15) is 0 Å². The van der Waals surface area contributed by atoms with Crippen molar-refractivity contribution >= 4 is 23.1 Å². The average Bonchev–Trinajstić information content (AvgIpc) is 2.48. The minimum atomic E-state index is 0.395. The van der Waals surface area contributed by atoms with E-state index in [2.05, 4.69) is 10.2 Å². The lowest BCUT2D eigenvalue weighted by atomic mass is 10.2. The molecule has 0 radical (unpaired) electrons. The maximum Gasteiger partial charge on any atom is 0.203 e. The van der Waals surface area contributed by atoms with Crippen molar-refractivity contribution in [1.82, 2.24) is 0 Å². The number of nitrogens with two attached hydrogens (primary N) is 1. The molecule has 1 rings (SSSR count). The van der Waals surface area contributed by atoms with Crippen molar-refractivity contribution in [2.45, 2.75) is 6.92 Å². The maximum atomic E-state index is 5.54. The molecule has 0 aliphatic carbocycles. The first-order valence-electron chi connectivity index (χ1n) is 5.95. The Labute approximate surface area is 123 Å². The highest BCUT2D eigenvalue weighted by Gasteiger charge is 2.12. The fraction of sp³-hybridized carbons (Fsp3) is 0.385. The van der Waals surface area contributed by atoms with Gasteiger partial charge in [0, 0.05) is 5.56 Å². The molecule has 1 aromatic rings. The molecule has 2 N–H and O–H groups in total. The van der Waals surface area contributed by atoms with Crippen molar-refractivity contribution in [3.05, 3.63) is 17.7 Å². The van der Waals surface area contributed by atoms with Crippen LogP contribution in [-0.4, -0.2) is 38.5 Å². The zero-order valence-corrected chi connectivity index (χ0v) is 12.9. The Bertz CT molecular complexity index is 479. The van der Waals surface area contributed by atoms with E-state index in [0.717, 1.165) is 5.56 Å². The highest BCUT2D eigenvalue weighted by Crippen LogP contribution is 2.38. The van der Waals surface area contributed by atoms with Crippen LogP contribution in [0.5, 0.6) is 17.2 Å². The van der Waals surface area contributed by atoms with Crippen molar-refractivity contribution < 1.29 is 14.2 Å². The molecule has 7 heteroatoms. The number of hydrogen-bond acceptors (Lipinski definition) is 6. The number of nitrogens with zero attached hydrogens (tertiary/aromatic N) is 2. The van der Waals surface area contributed by atoms with Crippen molar-refractivity contribution in [2.75, 3.05) is 27.1 Å². The van der Waals surface area contributed by atoms with Gasteiger partial charge >= 0.3 is 0 Å². The molecule has 0 atom stereocenters. The summed E-state index contributed by atoms with van der Waals surface area (Å²) in [7, 11) is 3.14. The van der Waals surface area contributed by atoms with E-state index in [-0.39, 0.29) is 0 Å². The molecular weight excluding hydrogens is 278 g/mol. The molecule has 0 aliphatic heterocycles. The number of methoxy groups -OCH3 is 2. The molecular formula is C13H19N3O3S. The summed E-state index contributed by atoms with van der Waals surface area (Å²) in [5.74, 6) is 1.73. The van der Waals surface area contributed by atoms with Gasteiger partial charge in [0.2, 0.25) is 5.75 Å². The molecule has 0 heterocycles. The van der Waals surface area contributed by atoms with Crippen LogP contribution in [0.1, 0.15) is 12.5 Å². The zero-order valence-electron chi connectivity index (χ0n) is 12.0. The van der Waals surface area contributed by atoms with Crippen LogP contribution >= 0.6 is 11.8 Å². The lowest BCUT2D eigenvalue weighted by Crippen LogP contribution is -2.04. The topological polar surface area (TPSA) is 78.4 Å². The third kappa shape index (κ3) is 4.34. The second-order valence-electron chi connectivity index (χ2n) is 3.57. The fourth-order valence-corrected chi connectivity index (χ4v) is 1.58. The summed E-state index contributed by atoms with van der Waals surface area (Å²) in [5.41, 5.74) is 6.32. The summed E-state index contributed by atoms with van der Waals surface area (Å²) in [6.07, 6.45) is 3.40. The van der Waals surface area contributed by atoms with Gasteiger partial charge < -0.3 is 19.9 Å². The normalized spacial score (nSPS) is 11.7. The van der Waals surface area contributed by atoms with Crippen LogP contribution < -0.4 is 19.9 Å². The number of thioether (sulfide) groups is 1. The first-order valence-corrected chi connectivity index (χ1v) is 7.18. The van der Waals surface area contributed by atoms with E-state index in [1.54, 1.807) is 32.6 Å². The first-order chi connectivity index (χ1) is 9.65. The average molecular weight is 297 g/mol. The zero-order chi connectivity index (χ0) is 15.0. The van der Waals surface area contributed by atoms with Crippen molar-refractivity contribution in [1.29, 1.82) is 0 Å². The van der Waals surface area contributed by atoms with Gasteiger partial charge in [-0.15, -0.1) is 5.10 Å². The predicted molar refractivity (Wildman–Crippen MR) is 83.4 cm³/mol. The number of amidine groups is 1. The van der Waals surface area contributed by atoms with Crippen LogP contribution in [0.4, 0.5) is 0 Å². The summed E-state index contributed by atoms with van der Waals surface area (Å²) in [5, 5.41) is 8.12. The van der Waals surface area contributed by atoms with E-state index >= 15 is 0 Å². The van der Waals surface area contributed by atoms with Crippen LogP contribution in [0.15, 0.2) is 22.3 Å². The molecule has 0 aromatic heterocycles.